The molecule has 2 bridgehead atoms. The van der Waals surface area contributed by atoms with Crippen LogP contribution in [0.2, 0.25) is 0 Å². The summed E-state index contributed by atoms with van der Waals surface area (Å²) in [4.78, 5) is 25.5. The van der Waals surface area contributed by atoms with Gasteiger partial charge in [-0.25, -0.2) is 4.79 Å². The second-order valence-electron chi connectivity index (χ2n) is 5.25. The van der Waals surface area contributed by atoms with Crippen LogP contribution < -0.4 is 11.2 Å². The number of rotatable bonds is 2. The quantitative estimate of drug-likeness (QED) is 0.568. The number of nitrogens with one attached hydrogen (secondary N) is 1. The molecular weight excluding hydrogens is 284 g/mol. The summed E-state index contributed by atoms with van der Waals surface area (Å²) in [5, 5.41) is 19.8. The van der Waals surface area contributed by atoms with Crippen molar-refractivity contribution in [3.05, 3.63) is 32.6 Å². The van der Waals surface area contributed by atoms with Crippen molar-refractivity contribution in [1.29, 1.82) is 0 Å². The van der Waals surface area contributed by atoms with Crippen LogP contribution in [0.15, 0.2) is 15.8 Å². The minimum absolute atomic E-state index is 0.0608. The molecule has 2 saturated heterocycles. The summed E-state index contributed by atoms with van der Waals surface area (Å²) in [6, 6.07) is 0. The normalized spacial score (nSPS) is 35.7. The first-order chi connectivity index (χ1) is 9.98. The van der Waals surface area contributed by atoms with Crippen LogP contribution in [0.25, 0.3) is 0 Å². The number of hydrogen-bond donors (Lipinski definition) is 3. The van der Waals surface area contributed by atoms with Crippen LogP contribution in [0.4, 0.5) is 0 Å². The van der Waals surface area contributed by atoms with Crippen LogP contribution in [-0.4, -0.2) is 57.6 Å². The molecule has 0 radical (unpaired) electrons. The monoisotopic (exact) mass is 300 g/mol. The smallest absolute Gasteiger partial charge is 0.330 e. The SMILES string of the molecule is Cc1cn([C@@H]2O[C@@]3(CO)COCO[C@@H]2[C@@H]3O)c(=O)[nH]c1=O. The molecule has 2 aliphatic rings. The molecule has 3 rings (SSSR count). The lowest BCUT2D eigenvalue weighted by Crippen LogP contribution is -2.48. The van der Waals surface area contributed by atoms with E-state index in [1.54, 1.807) is 6.92 Å². The van der Waals surface area contributed by atoms with Gasteiger partial charge >= 0.3 is 5.69 Å². The third kappa shape index (κ3) is 2.14. The molecule has 0 amide bonds. The van der Waals surface area contributed by atoms with Crippen LogP contribution >= 0.6 is 0 Å². The first kappa shape index (κ1) is 14.4. The fourth-order valence-electron chi connectivity index (χ4n) is 2.63. The van der Waals surface area contributed by atoms with Crippen LogP contribution in [0.5, 0.6) is 0 Å². The van der Waals surface area contributed by atoms with Gasteiger partial charge in [0, 0.05) is 11.8 Å². The fraction of sp³-hybridized carbons (Fsp3) is 0.667. The van der Waals surface area contributed by atoms with E-state index >= 15 is 0 Å². The molecule has 3 heterocycles. The van der Waals surface area contributed by atoms with Gasteiger partial charge < -0.3 is 24.4 Å². The first-order valence-corrected chi connectivity index (χ1v) is 6.47. The Bertz CT molecular complexity index is 654. The predicted octanol–water partition coefficient (Wildman–Crippen LogP) is -2.16. The highest BCUT2D eigenvalue weighted by Gasteiger charge is 2.57. The number of aromatic nitrogens is 2. The summed E-state index contributed by atoms with van der Waals surface area (Å²) in [7, 11) is 0. The molecule has 0 unspecified atom stereocenters. The maximum absolute atomic E-state index is 11.9. The van der Waals surface area contributed by atoms with E-state index in [1.807, 2.05) is 0 Å². The Labute approximate surface area is 118 Å². The number of H-pyrrole nitrogens is 1. The zero-order valence-corrected chi connectivity index (χ0v) is 11.3. The topological polar surface area (TPSA) is 123 Å². The molecule has 9 heteroatoms. The van der Waals surface area contributed by atoms with Crippen molar-refractivity contribution in [1.82, 2.24) is 9.55 Å². The van der Waals surface area contributed by atoms with Gasteiger partial charge in [0.1, 0.15) is 24.6 Å². The van der Waals surface area contributed by atoms with Crippen molar-refractivity contribution in [2.75, 3.05) is 20.0 Å². The van der Waals surface area contributed by atoms with E-state index in [-0.39, 0.29) is 13.4 Å². The van der Waals surface area contributed by atoms with Crippen LogP contribution in [0.3, 0.4) is 0 Å². The van der Waals surface area contributed by atoms with Crippen LogP contribution in [0, 0.1) is 6.92 Å². The number of aryl methyl sites for hydroxylation is 1. The van der Waals surface area contributed by atoms with Crippen molar-refractivity contribution in [2.45, 2.75) is 31.0 Å². The molecule has 0 spiro atoms. The number of nitrogens with zero attached hydrogens (tertiary/aromatic N) is 1. The Morgan fingerprint density at radius 1 is 1.52 bits per heavy atom. The maximum Gasteiger partial charge on any atom is 0.330 e. The summed E-state index contributed by atoms with van der Waals surface area (Å²) < 4.78 is 17.3. The number of fused-ring (bicyclic) bond motifs is 2. The fourth-order valence-corrected chi connectivity index (χ4v) is 2.63. The molecule has 1 aromatic rings. The van der Waals surface area contributed by atoms with E-state index in [0.717, 1.165) is 4.57 Å². The molecule has 9 nitrogen and oxygen atoms in total. The van der Waals surface area contributed by atoms with E-state index in [0.29, 0.717) is 5.56 Å². The van der Waals surface area contributed by atoms with Gasteiger partial charge in [-0.1, -0.05) is 0 Å². The van der Waals surface area contributed by atoms with E-state index < -0.39 is 41.9 Å². The molecule has 4 atom stereocenters. The molecule has 21 heavy (non-hydrogen) atoms. The Hall–Kier alpha value is -1.52. The second kappa shape index (κ2) is 5.04. The van der Waals surface area contributed by atoms with Crippen molar-refractivity contribution in [3.63, 3.8) is 0 Å². The zero-order chi connectivity index (χ0) is 15.2. The Kier molecular flexibility index (Phi) is 3.46. The predicted molar refractivity (Wildman–Crippen MR) is 67.7 cm³/mol. The summed E-state index contributed by atoms with van der Waals surface area (Å²) in [5.41, 5.74) is -2.20. The van der Waals surface area contributed by atoms with Crippen LogP contribution in [-0.2, 0) is 14.2 Å². The lowest BCUT2D eigenvalue weighted by atomic mass is 9.97. The number of aliphatic hydroxyl groups is 2. The van der Waals surface area contributed by atoms with Gasteiger partial charge in [0.25, 0.3) is 5.56 Å². The third-order valence-electron chi connectivity index (χ3n) is 3.86. The van der Waals surface area contributed by atoms with Gasteiger partial charge in [0.15, 0.2) is 6.23 Å². The number of aromatic amines is 1. The third-order valence-corrected chi connectivity index (χ3v) is 3.86. The van der Waals surface area contributed by atoms with Crippen molar-refractivity contribution in [2.24, 2.45) is 0 Å². The molecule has 0 saturated carbocycles. The largest absolute Gasteiger partial charge is 0.393 e. The van der Waals surface area contributed by atoms with Gasteiger partial charge in [0.2, 0.25) is 0 Å². The average Bonchev–Trinajstić information content (AvgIpc) is 2.59. The minimum atomic E-state index is -1.35. The van der Waals surface area contributed by atoms with Gasteiger partial charge in [-0.15, -0.1) is 0 Å². The molecule has 2 fully saturated rings. The highest BCUT2D eigenvalue weighted by atomic mass is 16.7. The Balaban J connectivity index is 2.06. The van der Waals surface area contributed by atoms with Gasteiger partial charge in [-0.2, -0.15) is 0 Å². The number of hydrogen-bond acceptors (Lipinski definition) is 7. The van der Waals surface area contributed by atoms with Gasteiger partial charge in [-0.05, 0) is 6.92 Å². The molecule has 116 valence electrons. The summed E-state index contributed by atoms with van der Waals surface area (Å²) in [6.45, 7) is 0.918. The molecule has 0 aliphatic carbocycles. The van der Waals surface area contributed by atoms with Crippen molar-refractivity contribution in [3.8, 4) is 0 Å². The molecular formula is C12H16N2O7. The molecule has 1 aromatic heterocycles. The van der Waals surface area contributed by atoms with Crippen LogP contribution in [0.1, 0.15) is 11.8 Å². The van der Waals surface area contributed by atoms with Gasteiger partial charge in [-0.3, -0.25) is 14.3 Å². The van der Waals surface area contributed by atoms with Crippen molar-refractivity contribution < 1.29 is 24.4 Å². The van der Waals surface area contributed by atoms with Gasteiger partial charge in [0.05, 0.1) is 13.2 Å². The van der Waals surface area contributed by atoms with Crippen molar-refractivity contribution >= 4 is 0 Å². The highest BCUT2D eigenvalue weighted by Crippen LogP contribution is 2.40. The van der Waals surface area contributed by atoms with E-state index in [9.17, 15) is 19.8 Å². The molecule has 0 aromatic carbocycles. The summed E-state index contributed by atoms with van der Waals surface area (Å²) in [6.07, 6.45) is -1.67. The highest BCUT2D eigenvalue weighted by molar-refractivity contribution is 5.06. The minimum Gasteiger partial charge on any atom is -0.393 e. The summed E-state index contributed by atoms with van der Waals surface area (Å²) >= 11 is 0. The second-order valence-corrected chi connectivity index (χ2v) is 5.25. The lowest BCUT2D eigenvalue weighted by molar-refractivity contribution is -0.199. The average molecular weight is 300 g/mol. The lowest BCUT2D eigenvalue weighted by Gasteiger charge is -2.28. The van der Waals surface area contributed by atoms with E-state index in [2.05, 4.69) is 4.98 Å². The maximum atomic E-state index is 11.9. The number of aliphatic hydroxyl groups excluding tert-OH is 2. The zero-order valence-electron chi connectivity index (χ0n) is 11.3. The molecule has 3 N–H and O–H groups in total. The summed E-state index contributed by atoms with van der Waals surface area (Å²) in [5.74, 6) is 0. The van der Waals surface area contributed by atoms with E-state index in [1.165, 1.54) is 6.20 Å². The molecule has 2 aliphatic heterocycles. The number of ether oxygens (including phenoxy) is 3. The first-order valence-electron chi connectivity index (χ1n) is 6.47. The standard InChI is InChI=1S/C12H16N2O7/c1-6-2-14(11(18)13-9(6)17)10-7-8(16)12(3-15,21-10)4-19-5-20-7/h2,7-8,10,15-16H,3-5H2,1H3,(H,13,17,18)/t7-,8+,10-,12+/m1/s1. The Morgan fingerprint density at radius 2 is 2.29 bits per heavy atom. The van der Waals surface area contributed by atoms with E-state index in [4.69, 9.17) is 14.2 Å². The Morgan fingerprint density at radius 3 is 3.00 bits per heavy atom.